The van der Waals surface area contributed by atoms with E-state index in [0.717, 1.165) is 37.8 Å². The monoisotopic (exact) mass is 315 g/mol. The summed E-state index contributed by atoms with van der Waals surface area (Å²) in [7, 11) is 0. The highest BCUT2D eigenvalue weighted by molar-refractivity contribution is 9.10. The van der Waals surface area contributed by atoms with Crippen LogP contribution in [0.3, 0.4) is 0 Å². The van der Waals surface area contributed by atoms with E-state index in [1.165, 1.54) is 6.42 Å². The average Bonchev–Trinajstić information content (AvgIpc) is 2.37. The van der Waals surface area contributed by atoms with Crippen LogP contribution in [0.4, 0.5) is 4.39 Å². The van der Waals surface area contributed by atoms with Gasteiger partial charge in [-0.3, -0.25) is 0 Å². The Bertz CT molecular complexity index is 354. The van der Waals surface area contributed by atoms with Crippen molar-refractivity contribution >= 4 is 15.9 Å². The summed E-state index contributed by atoms with van der Waals surface area (Å²) in [4.78, 5) is 0. The van der Waals surface area contributed by atoms with Gasteiger partial charge in [-0.15, -0.1) is 0 Å². The third kappa shape index (κ3) is 5.07. The third-order valence-electron chi connectivity index (χ3n) is 3.11. The molecule has 0 radical (unpaired) electrons. The van der Waals surface area contributed by atoms with Crippen LogP contribution >= 0.6 is 15.9 Å². The first-order valence-corrected chi connectivity index (χ1v) is 7.64. The maximum atomic E-state index is 13.8. The standard InChI is InChI=1S/C15H23BrFN/c1-3-6-13(18-11-4-2)10-9-12-7-5-8-14(16)15(12)17/h5,7-8,13,18H,3-4,6,9-11H2,1-2H3. The maximum absolute atomic E-state index is 13.8. The molecule has 18 heavy (non-hydrogen) atoms. The molecule has 0 heterocycles. The molecule has 0 aliphatic rings. The van der Waals surface area contributed by atoms with Gasteiger partial charge in [-0.25, -0.2) is 4.39 Å². The number of aryl methyl sites for hydroxylation is 1. The van der Waals surface area contributed by atoms with E-state index in [4.69, 9.17) is 0 Å². The quantitative estimate of drug-likeness (QED) is 0.734. The molecule has 102 valence electrons. The summed E-state index contributed by atoms with van der Waals surface area (Å²) in [5.74, 6) is -0.108. The number of benzene rings is 1. The number of hydrogen-bond acceptors (Lipinski definition) is 1. The van der Waals surface area contributed by atoms with Crippen LogP contribution in [0.5, 0.6) is 0 Å². The maximum Gasteiger partial charge on any atom is 0.140 e. The van der Waals surface area contributed by atoms with Crippen molar-refractivity contribution in [1.29, 1.82) is 0 Å². The molecular weight excluding hydrogens is 293 g/mol. The zero-order valence-corrected chi connectivity index (χ0v) is 12.9. The van der Waals surface area contributed by atoms with Crippen molar-refractivity contribution in [3.05, 3.63) is 34.1 Å². The minimum atomic E-state index is -0.108. The van der Waals surface area contributed by atoms with Crippen molar-refractivity contribution < 1.29 is 4.39 Å². The van der Waals surface area contributed by atoms with Crippen molar-refractivity contribution in [2.45, 2.75) is 52.0 Å². The second kappa shape index (κ2) is 8.65. The zero-order valence-electron chi connectivity index (χ0n) is 11.3. The summed E-state index contributed by atoms with van der Waals surface area (Å²) < 4.78 is 14.4. The van der Waals surface area contributed by atoms with E-state index < -0.39 is 0 Å². The molecule has 0 saturated heterocycles. The van der Waals surface area contributed by atoms with Gasteiger partial charge in [0, 0.05) is 6.04 Å². The van der Waals surface area contributed by atoms with Gasteiger partial charge in [-0.1, -0.05) is 32.4 Å². The number of nitrogens with one attached hydrogen (secondary N) is 1. The lowest BCUT2D eigenvalue weighted by Crippen LogP contribution is -2.30. The van der Waals surface area contributed by atoms with Crippen molar-refractivity contribution in [2.75, 3.05) is 6.54 Å². The lowest BCUT2D eigenvalue weighted by Gasteiger charge is -2.18. The molecule has 1 N–H and O–H groups in total. The fraction of sp³-hybridized carbons (Fsp3) is 0.600. The molecule has 3 heteroatoms. The van der Waals surface area contributed by atoms with E-state index in [1.54, 1.807) is 6.07 Å². The van der Waals surface area contributed by atoms with Crippen LogP contribution in [0.15, 0.2) is 22.7 Å². The first-order chi connectivity index (χ1) is 8.69. The van der Waals surface area contributed by atoms with E-state index in [2.05, 4.69) is 35.1 Å². The van der Waals surface area contributed by atoms with Gasteiger partial charge >= 0.3 is 0 Å². The van der Waals surface area contributed by atoms with Gasteiger partial charge < -0.3 is 5.32 Å². The van der Waals surface area contributed by atoms with Gasteiger partial charge in [0.05, 0.1) is 4.47 Å². The molecule has 0 spiro atoms. The van der Waals surface area contributed by atoms with Gasteiger partial charge in [-0.05, 0) is 59.8 Å². The summed E-state index contributed by atoms with van der Waals surface area (Å²) in [6.07, 6.45) is 5.28. The number of halogens is 2. The molecular formula is C15H23BrFN. The van der Waals surface area contributed by atoms with E-state index in [-0.39, 0.29) is 5.82 Å². The Labute approximate surface area is 118 Å². The Morgan fingerprint density at radius 2 is 2.00 bits per heavy atom. The molecule has 0 aliphatic heterocycles. The highest BCUT2D eigenvalue weighted by Crippen LogP contribution is 2.20. The van der Waals surface area contributed by atoms with Gasteiger partial charge in [0.15, 0.2) is 0 Å². The minimum absolute atomic E-state index is 0.108. The lowest BCUT2D eigenvalue weighted by molar-refractivity contribution is 0.445. The first-order valence-electron chi connectivity index (χ1n) is 6.85. The third-order valence-corrected chi connectivity index (χ3v) is 3.73. The predicted molar refractivity (Wildman–Crippen MR) is 79.4 cm³/mol. The van der Waals surface area contributed by atoms with Crippen molar-refractivity contribution in [3.63, 3.8) is 0 Å². The summed E-state index contributed by atoms with van der Waals surface area (Å²) in [6, 6.07) is 6.03. The van der Waals surface area contributed by atoms with Gasteiger partial charge in [0.2, 0.25) is 0 Å². The Morgan fingerprint density at radius 1 is 1.22 bits per heavy atom. The van der Waals surface area contributed by atoms with Gasteiger partial charge in [-0.2, -0.15) is 0 Å². The molecule has 1 atom stereocenters. The highest BCUT2D eigenvalue weighted by atomic mass is 79.9. The molecule has 1 aromatic rings. The zero-order chi connectivity index (χ0) is 13.4. The highest BCUT2D eigenvalue weighted by Gasteiger charge is 2.10. The topological polar surface area (TPSA) is 12.0 Å². The first kappa shape index (κ1) is 15.6. The molecule has 1 rings (SSSR count). The lowest BCUT2D eigenvalue weighted by atomic mass is 10.0. The predicted octanol–water partition coefficient (Wildman–Crippen LogP) is 4.69. The molecule has 0 aliphatic carbocycles. The molecule has 1 aromatic carbocycles. The SMILES string of the molecule is CCCNC(CCC)CCc1cccc(Br)c1F. The minimum Gasteiger partial charge on any atom is -0.314 e. The smallest absolute Gasteiger partial charge is 0.140 e. The van der Waals surface area contributed by atoms with Gasteiger partial charge in [0.1, 0.15) is 5.82 Å². The second-order valence-electron chi connectivity index (χ2n) is 4.69. The fourth-order valence-electron chi connectivity index (χ4n) is 2.12. The van der Waals surface area contributed by atoms with Crippen LogP contribution in [0.1, 0.15) is 45.1 Å². The number of hydrogen-bond donors (Lipinski definition) is 1. The van der Waals surface area contributed by atoms with Crippen LogP contribution in [0.2, 0.25) is 0 Å². The van der Waals surface area contributed by atoms with Crippen LogP contribution in [-0.4, -0.2) is 12.6 Å². The molecule has 0 fully saturated rings. The average molecular weight is 316 g/mol. The van der Waals surface area contributed by atoms with E-state index in [9.17, 15) is 4.39 Å². The normalized spacial score (nSPS) is 12.7. The van der Waals surface area contributed by atoms with Crippen molar-refractivity contribution in [3.8, 4) is 0 Å². The molecule has 1 nitrogen and oxygen atoms in total. The molecule has 1 unspecified atom stereocenters. The van der Waals surface area contributed by atoms with Crippen molar-refractivity contribution in [1.82, 2.24) is 5.32 Å². The van der Waals surface area contributed by atoms with Crippen LogP contribution < -0.4 is 5.32 Å². The Morgan fingerprint density at radius 3 is 2.67 bits per heavy atom. The van der Waals surface area contributed by atoms with Gasteiger partial charge in [0.25, 0.3) is 0 Å². The summed E-state index contributed by atoms with van der Waals surface area (Å²) in [6.45, 7) is 5.41. The molecule has 0 aromatic heterocycles. The van der Waals surface area contributed by atoms with Crippen LogP contribution in [-0.2, 0) is 6.42 Å². The van der Waals surface area contributed by atoms with Crippen LogP contribution in [0.25, 0.3) is 0 Å². The van der Waals surface area contributed by atoms with Crippen molar-refractivity contribution in [2.24, 2.45) is 0 Å². The summed E-state index contributed by atoms with van der Waals surface area (Å²) >= 11 is 3.24. The Balaban J connectivity index is 2.52. The number of rotatable bonds is 8. The second-order valence-corrected chi connectivity index (χ2v) is 5.55. The fourth-order valence-corrected chi connectivity index (χ4v) is 2.52. The summed E-state index contributed by atoms with van der Waals surface area (Å²) in [5.41, 5.74) is 0.809. The molecule has 0 bridgehead atoms. The van der Waals surface area contributed by atoms with E-state index >= 15 is 0 Å². The summed E-state index contributed by atoms with van der Waals surface area (Å²) in [5, 5.41) is 3.54. The molecule has 0 amide bonds. The largest absolute Gasteiger partial charge is 0.314 e. The Kier molecular flexibility index (Phi) is 7.52. The van der Waals surface area contributed by atoms with Crippen LogP contribution in [0, 0.1) is 5.82 Å². The molecule has 0 saturated carbocycles. The van der Waals surface area contributed by atoms with E-state index in [1.807, 2.05) is 12.1 Å². The van der Waals surface area contributed by atoms with E-state index in [0.29, 0.717) is 10.5 Å². The Hall–Kier alpha value is -0.410.